The fraction of sp³-hybridized carbons (Fsp3) is 0.696. The van der Waals surface area contributed by atoms with Gasteiger partial charge in [0.25, 0.3) is 0 Å². The van der Waals surface area contributed by atoms with E-state index >= 15 is 0 Å². The molecule has 2 N–H and O–H groups in total. The Bertz CT molecular complexity index is 739. The summed E-state index contributed by atoms with van der Waals surface area (Å²) in [6.07, 6.45) is 9.51. The number of primary amides is 1. The van der Waals surface area contributed by atoms with Crippen molar-refractivity contribution < 1.29 is 4.79 Å². The Hall–Kier alpha value is -1.71. The molecule has 2 aliphatic heterocycles. The third kappa shape index (κ3) is 2.31. The molecule has 1 aromatic carbocycles. The highest BCUT2D eigenvalue weighted by molar-refractivity contribution is 5.72. The molecule has 0 aromatic heterocycles. The van der Waals surface area contributed by atoms with Crippen LogP contribution < -0.4 is 10.6 Å². The van der Waals surface area contributed by atoms with Crippen LogP contribution in [0, 0.1) is 23.7 Å². The molecule has 1 aromatic rings. The van der Waals surface area contributed by atoms with Crippen molar-refractivity contribution in [3.05, 3.63) is 29.8 Å². The lowest BCUT2D eigenvalue weighted by Gasteiger charge is -2.57. The van der Waals surface area contributed by atoms with E-state index in [1.807, 2.05) is 4.90 Å². The van der Waals surface area contributed by atoms with Crippen molar-refractivity contribution in [2.45, 2.75) is 56.4 Å². The number of para-hydroxylation sites is 1. The quantitative estimate of drug-likeness (QED) is 0.824. The SMILES string of the molecule is NC(=O)N1CCC2(CC1)CN(C1C3CC4CC(C3)CC1C4)c1ccccc12. The van der Waals surface area contributed by atoms with Gasteiger partial charge in [-0.05, 0) is 80.2 Å². The molecular formula is C23H31N3O. The summed E-state index contributed by atoms with van der Waals surface area (Å²) < 4.78 is 0. The minimum absolute atomic E-state index is 0.219. The maximum Gasteiger partial charge on any atom is 0.314 e. The molecular weight excluding hydrogens is 334 g/mol. The number of likely N-dealkylation sites (tertiary alicyclic amines) is 1. The molecule has 2 amide bonds. The van der Waals surface area contributed by atoms with Crippen molar-refractivity contribution in [2.24, 2.45) is 29.4 Å². The van der Waals surface area contributed by atoms with Crippen molar-refractivity contribution >= 4 is 11.7 Å². The highest BCUT2D eigenvalue weighted by Crippen LogP contribution is 2.58. The van der Waals surface area contributed by atoms with Gasteiger partial charge in [-0.1, -0.05) is 18.2 Å². The smallest absolute Gasteiger partial charge is 0.314 e. The average molecular weight is 366 g/mol. The van der Waals surface area contributed by atoms with Crippen LogP contribution in [0.5, 0.6) is 0 Å². The second-order valence-electron chi connectivity index (χ2n) is 10.2. The van der Waals surface area contributed by atoms with Gasteiger partial charge in [0.05, 0.1) is 0 Å². The molecule has 27 heavy (non-hydrogen) atoms. The summed E-state index contributed by atoms with van der Waals surface area (Å²) in [4.78, 5) is 16.3. The molecule has 144 valence electrons. The summed E-state index contributed by atoms with van der Waals surface area (Å²) in [5.74, 6) is 3.87. The van der Waals surface area contributed by atoms with E-state index in [0.717, 1.165) is 62.2 Å². The number of piperidine rings is 1. The lowest BCUT2D eigenvalue weighted by atomic mass is 9.54. The molecule has 5 fully saturated rings. The Morgan fingerprint density at radius 1 is 0.963 bits per heavy atom. The number of nitrogens with zero attached hydrogens (tertiary/aromatic N) is 2. The third-order valence-corrected chi connectivity index (χ3v) is 8.83. The van der Waals surface area contributed by atoms with E-state index in [1.54, 1.807) is 5.56 Å². The van der Waals surface area contributed by atoms with Crippen molar-refractivity contribution in [1.82, 2.24) is 4.90 Å². The van der Waals surface area contributed by atoms with Gasteiger partial charge in [-0.2, -0.15) is 0 Å². The molecule has 2 heterocycles. The van der Waals surface area contributed by atoms with Crippen LogP contribution >= 0.6 is 0 Å². The molecule has 0 radical (unpaired) electrons. The highest BCUT2D eigenvalue weighted by atomic mass is 16.2. The van der Waals surface area contributed by atoms with E-state index in [2.05, 4.69) is 29.2 Å². The molecule has 1 saturated heterocycles. The first-order valence-corrected chi connectivity index (χ1v) is 11.0. The number of amides is 2. The summed E-state index contributed by atoms with van der Waals surface area (Å²) in [6, 6.07) is 9.67. The maximum absolute atomic E-state index is 11.6. The van der Waals surface area contributed by atoms with Gasteiger partial charge < -0.3 is 15.5 Å². The zero-order chi connectivity index (χ0) is 18.2. The monoisotopic (exact) mass is 365 g/mol. The number of rotatable bonds is 1. The van der Waals surface area contributed by atoms with Crippen LogP contribution in [0.3, 0.4) is 0 Å². The van der Waals surface area contributed by atoms with E-state index in [9.17, 15) is 4.79 Å². The van der Waals surface area contributed by atoms with Crippen LogP contribution in [0.1, 0.15) is 50.5 Å². The number of benzene rings is 1. The van der Waals surface area contributed by atoms with Gasteiger partial charge in [0.15, 0.2) is 0 Å². The summed E-state index contributed by atoms with van der Waals surface area (Å²) in [6.45, 7) is 2.77. The first kappa shape index (κ1) is 16.3. The van der Waals surface area contributed by atoms with E-state index < -0.39 is 0 Å². The highest BCUT2D eigenvalue weighted by Gasteiger charge is 2.54. The van der Waals surface area contributed by atoms with Crippen LogP contribution in [0.25, 0.3) is 0 Å². The molecule has 0 atom stereocenters. The predicted molar refractivity (Wildman–Crippen MR) is 107 cm³/mol. The Labute approximate surface area is 162 Å². The normalized spacial score (nSPS) is 38.4. The molecule has 4 aliphatic carbocycles. The molecule has 4 bridgehead atoms. The van der Waals surface area contributed by atoms with E-state index in [1.165, 1.54) is 37.8 Å². The fourth-order valence-corrected chi connectivity index (χ4v) is 7.92. The van der Waals surface area contributed by atoms with Crippen molar-refractivity contribution in [1.29, 1.82) is 0 Å². The van der Waals surface area contributed by atoms with Gasteiger partial charge in [-0.15, -0.1) is 0 Å². The molecule has 4 nitrogen and oxygen atoms in total. The van der Waals surface area contributed by atoms with Gasteiger partial charge >= 0.3 is 6.03 Å². The molecule has 4 saturated carbocycles. The largest absolute Gasteiger partial charge is 0.367 e. The predicted octanol–water partition coefficient (Wildman–Crippen LogP) is 3.74. The lowest BCUT2D eigenvalue weighted by Crippen LogP contribution is -2.57. The van der Waals surface area contributed by atoms with Crippen LogP contribution in [-0.4, -0.2) is 36.6 Å². The molecule has 1 spiro atoms. The van der Waals surface area contributed by atoms with Crippen molar-refractivity contribution in [3.8, 4) is 0 Å². The van der Waals surface area contributed by atoms with Crippen LogP contribution in [-0.2, 0) is 5.41 Å². The second-order valence-corrected chi connectivity index (χ2v) is 10.2. The fourth-order valence-electron chi connectivity index (χ4n) is 7.92. The Balaban J connectivity index is 1.33. The van der Waals surface area contributed by atoms with Crippen molar-refractivity contribution in [3.63, 3.8) is 0 Å². The van der Waals surface area contributed by atoms with Crippen molar-refractivity contribution in [2.75, 3.05) is 24.5 Å². The van der Waals surface area contributed by atoms with Gasteiger partial charge in [0, 0.05) is 36.8 Å². The van der Waals surface area contributed by atoms with Gasteiger partial charge in [-0.25, -0.2) is 4.79 Å². The molecule has 7 rings (SSSR count). The summed E-state index contributed by atoms with van der Waals surface area (Å²) in [5.41, 5.74) is 8.81. The standard InChI is InChI=1S/C23H31N3O/c24-22(27)25-7-5-23(6-8-25)14-26(20-4-2-1-3-19(20)23)21-17-10-15-9-16(12-17)13-18(21)11-15/h1-4,15-18,21H,5-14H2,(H2,24,27). The number of carbonyl (C=O) groups excluding carboxylic acids is 1. The van der Waals surface area contributed by atoms with E-state index in [4.69, 9.17) is 5.73 Å². The van der Waals surface area contributed by atoms with E-state index in [0.29, 0.717) is 0 Å². The minimum atomic E-state index is -0.256. The maximum atomic E-state index is 11.6. The molecule has 6 aliphatic rings. The second kappa shape index (κ2) is 5.65. The summed E-state index contributed by atoms with van der Waals surface area (Å²) in [5, 5.41) is 0. The summed E-state index contributed by atoms with van der Waals surface area (Å²) in [7, 11) is 0. The van der Waals surface area contributed by atoms with Gasteiger partial charge in [-0.3, -0.25) is 0 Å². The molecule has 0 unspecified atom stereocenters. The Kier molecular flexibility index (Phi) is 3.40. The topological polar surface area (TPSA) is 49.6 Å². The third-order valence-electron chi connectivity index (χ3n) is 8.83. The Morgan fingerprint density at radius 2 is 1.59 bits per heavy atom. The zero-order valence-electron chi connectivity index (χ0n) is 16.1. The van der Waals surface area contributed by atoms with Gasteiger partial charge in [0.1, 0.15) is 0 Å². The van der Waals surface area contributed by atoms with Crippen LogP contribution in [0.2, 0.25) is 0 Å². The lowest BCUT2D eigenvalue weighted by molar-refractivity contribution is -0.00357. The van der Waals surface area contributed by atoms with Crippen LogP contribution in [0.15, 0.2) is 24.3 Å². The number of anilines is 1. The first-order valence-electron chi connectivity index (χ1n) is 11.0. The minimum Gasteiger partial charge on any atom is -0.367 e. The van der Waals surface area contributed by atoms with E-state index in [-0.39, 0.29) is 11.4 Å². The number of carbonyl (C=O) groups is 1. The number of hydrogen-bond donors (Lipinski definition) is 1. The number of fused-ring (bicyclic) bond motifs is 2. The number of nitrogens with two attached hydrogens (primary N) is 1. The molecule has 4 heteroatoms. The number of hydrogen-bond acceptors (Lipinski definition) is 2. The number of urea groups is 1. The van der Waals surface area contributed by atoms with Gasteiger partial charge in [0.2, 0.25) is 0 Å². The Morgan fingerprint density at radius 3 is 2.22 bits per heavy atom. The average Bonchev–Trinajstić information content (AvgIpc) is 2.96. The first-order chi connectivity index (χ1) is 13.1. The summed E-state index contributed by atoms with van der Waals surface area (Å²) >= 11 is 0. The zero-order valence-corrected chi connectivity index (χ0v) is 16.1. The van der Waals surface area contributed by atoms with Crippen LogP contribution in [0.4, 0.5) is 10.5 Å².